The summed E-state index contributed by atoms with van der Waals surface area (Å²) >= 11 is 0. The molecule has 0 spiro atoms. The fraction of sp³-hybridized carbons (Fsp3) is 0.308. The van der Waals surface area contributed by atoms with Gasteiger partial charge >= 0.3 is 0 Å². The molecule has 55 heavy (non-hydrogen) atoms. The predicted octanol–water partition coefficient (Wildman–Crippen LogP) is 5.91. The Morgan fingerprint density at radius 2 is 1.82 bits per heavy atom. The number of piperidine rings is 1. The number of anilines is 1. The lowest BCUT2D eigenvalue weighted by Gasteiger charge is -2.33. The van der Waals surface area contributed by atoms with Crippen LogP contribution in [0.3, 0.4) is 0 Å². The minimum atomic E-state index is -0.399. The highest BCUT2D eigenvalue weighted by atomic mass is 19.1. The molecule has 7 aromatic rings. The summed E-state index contributed by atoms with van der Waals surface area (Å²) in [6.07, 6.45) is 7.45. The van der Waals surface area contributed by atoms with E-state index in [9.17, 15) is 14.0 Å². The maximum Gasteiger partial charge on any atom is 0.261 e. The van der Waals surface area contributed by atoms with Crippen molar-refractivity contribution in [2.75, 3.05) is 11.9 Å². The topological polar surface area (TPSA) is 167 Å². The van der Waals surface area contributed by atoms with Gasteiger partial charge in [0.2, 0.25) is 11.7 Å². The summed E-state index contributed by atoms with van der Waals surface area (Å²) in [5.74, 6) is -0.0104. The first-order valence-electron chi connectivity index (χ1n) is 18.3. The first-order valence-corrected chi connectivity index (χ1v) is 18.3. The maximum absolute atomic E-state index is 14.5. The van der Waals surface area contributed by atoms with E-state index >= 15 is 0 Å². The minimum Gasteiger partial charge on any atom is -0.337 e. The van der Waals surface area contributed by atoms with E-state index in [1.54, 1.807) is 40.4 Å². The Balaban J connectivity index is 0.924. The monoisotopic (exact) mass is 740 g/mol. The normalized spacial score (nSPS) is 15.5. The van der Waals surface area contributed by atoms with Crippen LogP contribution >= 0.6 is 0 Å². The number of benzene rings is 2. The molecule has 1 N–H and O–H groups in total. The average molecular weight is 741 g/mol. The molecule has 9 rings (SSSR count). The molecule has 1 atom stereocenters. The van der Waals surface area contributed by atoms with Gasteiger partial charge in [0.15, 0.2) is 5.65 Å². The molecule has 7 heterocycles. The highest BCUT2D eigenvalue weighted by molar-refractivity contribution is 6.08. The van der Waals surface area contributed by atoms with Gasteiger partial charge < -0.3 is 14.7 Å². The van der Waals surface area contributed by atoms with Crippen LogP contribution in [0.5, 0.6) is 0 Å². The number of halogens is 1. The highest BCUT2D eigenvalue weighted by Crippen LogP contribution is 2.35. The number of rotatable bonds is 8. The largest absolute Gasteiger partial charge is 0.337 e. The standard InChI is InChI=1S/C39H37FN12O3/c1-22-17-26(11-14-29(22)40)35-44-38(55-47-35)33-7-4-5-15-50(33)39(54)34-31(46-51-16-6-8-32(34)51)21-49-20-30(45-48-49)25-9-12-27(13-10-25)43-37(53)28-19-41-52-24(3)18-23(2)42-36(28)52/h9-14,17-20,33H,4-8,15-16,21H2,1-3H3,(H,43,53). The Hall–Kier alpha value is -6.58. The van der Waals surface area contributed by atoms with Gasteiger partial charge in [-0.1, -0.05) is 22.5 Å². The molecule has 1 fully saturated rings. The molecule has 0 aliphatic carbocycles. The molecule has 278 valence electrons. The van der Waals surface area contributed by atoms with E-state index in [0.29, 0.717) is 69.7 Å². The number of carbonyl (C=O) groups excluding carboxylic acids is 2. The number of aromatic nitrogens is 10. The first kappa shape index (κ1) is 34.2. The molecule has 2 aromatic carbocycles. The van der Waals surface area contributed by atoms with Gasteiger partial charge in [-0.05, 0) is 94.8 Å². The molecule has 15 nitrogen and oxygen atoms in total. The second-order valence-corrected chi connectivity index (χ2v) is 14.2. The minimum absolute atomic E-state index is 0.122. The van der Waals surface area contributed by atoms with Crippen molar-refractivity contribution in [3.05, 3.63) is 112 Å². The fourth-order valence-electron chi connectivity index (χ4n) is 7.61. The number of hydrogen-bond donors (Lipinski definition) is 1. The van der Waals surface area contributed by atoms with Gasteiger partial charge in [-0.15, -0.1) is 5.10 Å². The summed E-state index contributed by atoms with van der Waals surface area (Å²) in [5, 5.41) is 25.1. The number of likely N-dealkylation sites (tertiary alicyclic amines) is 1. The van der Waals surface area contributed by atoms with Crippen molar-refractivity contribution >= 4 is 23.1 Å². The first-order chi connectivity index (χ1) is 26.7. The van der Waals surface area contributed by atoms with Gasteiger partial charge in [0.25, 0.3) is 11.8 Å². The third-order valence-corrected chi connectivity index (χ3v) is 10.3. The Morgan fingerprint density at radius 3 is 2.65 bits per heavy atom. The molecule has 0 bridgehead atoms. The van der Waals surface area contributed by atoms with Crippen molar-refractivity contribution in [3.63, 3.8) is 0 Å². The van der Waals surface area contributed by atoms with E-state index in [-0.39, 0.29) is 24.2 Å². The van der Waals surface area contributed by atoms with Crippen LogP contribution in [-0.4, -0.2) is 72.8 Å². The van der Waals surface area contributed by atoms with Crippen LogP contribution in [0.1, 0.15) is 86.7 Å². The molecule has 2 amide bonds. The summed E-state index contributed by atoms with van der Waals surface area (Å²) < 4.78 is 24.9. The van der Waals surface area contributed by atoms with Gasteiger partial charge in [0, 0.05) is 41.3 Å². The summed E-state index contributed by atoms with van der Waals surface area (Å²) in [7, 11) is 0. The molecule has 2 aliphatic rings. The Labute approximate surface area is 314 Å². The van der Waals surface area contributed by atoms with Crippen molar-refractivity contribution in [2.45, 2.75) is 72.0 Å². The van der Waals surface area contributed by atoms with E-state index in [2.05, 4.69) is 35.9 Å². The third kappa shape index (κ3) is 6.32. The van der Waals surface area contributed by atoms with Gasteiger partial charge in [-0.25, -0.2) is 18.6 Å². The van der Waals surface area contributed by atoms with Crippen molar-refractivity contribution in [2.24, 2.45) is 0 Å². The molecule has 0 radical (unpaired) electrons. The summed E-state index contributed by atoms with van der Waals surface area (Å²) in [4.78, 5) is 38.7. The number of amides is 2. The van der Waals surface area contributed by atoms with Crippen molar-refractivity contribution in [1.82, 2.24) is 54.4 Å². The van der Waals surface area contributed by atoms with E-state index in [4.69, 9.17) is 9.62 Å². The Bertz CT molecular complexity index is 2600. The molecular weight excluding hydrogens is 704 g/mol. The summed E-state index contributed by atoms with van der Waals surface area (Å²) in [6, 6.07) is 13.6. The molecule has 1 unspecified atom stereocenters. The number of nitrogens with one attached hydrogen (secondary N) is 1. The van der Waals surface area contributed by atoms with E-state index in [0.717, 1.165) is 54.9 Å². The average Bonchev–Trinajstić information content (AvgIpc) is 4.03. The van der Waals surface area contributed by atoms with Gasteiger partial charge in [-0.2, -0.15) is 15.2 Å². The van der Waals surface area contributed by atoms with Gasteiger partial charge in [0.1, 0.15) is 23.1 Å². The number of aryl methyl sites for hydroxylation is 4. The van der Waals surface area contributed by atoms with Gasteiger partial charge in [0.05, 0.1) is 35.9 Å². The van der Waals surface area contributed by atoms with Crippen LogP contribution < -0.4 is 5.32 Å². The molecule has 16 heteroatoms. The zero-order chi connectivity index (χ0) is 37.8. The highest BCUT2D eigenvalue weighted by Gasteiger charge is 2.37. The number of carbonyl (C=O) groups is 2. The Kier molecular flexibility index (Phi) is 8.51. The fourth-order valence-corrected chi connectivity index (χ4v) is 7.61. The zero-order valence-electron chi connectivity index (χ0n) is 30.5. The molecule has 5 aromatic heterocycles. The lowest BCUT2D eigenvalue weighted by Crippen LogP contribution is -2.39. The smallest absolute Gasteiger partial charge is 0.261 e. The van der Waals surface area contributed by atoms with Gasteiger partial charge in [-0.3, -0.25) is 14.3 Å². The van der Waals surface area contributed by atoms with Crippen LogP contribution in [0, 0.1) is 26.6 Å². The number of nitrogens with zero attached hydrogens (tertiary/aromatic N) is 11. The van der Waals surface area contributed by atoms with Crippen LogP contribution in [0.25, 0.3) is 28.3 Å². The van der Waals surface area contributed by atoms with Crippen molar-refractivity contribution in [1.29, 1.82) is 0 Å². The number of hydrogen-bond acceptors (Lipinski definition) is 10. The SMILES string of the molecule is Cc1cc(C)n2ncc(C(=O)Nc3ccc(-c4cn(Cc5nn6c(c5C(=O)N5CCCCC5c5nc(-c7ccc(F)c(C)c7)no5)CCC6)nn4)cc3)c2n1. The van der Waals surface area contributed by atoms with E-state index < -0.39 is 6.04 Å². The van der Waals surface area contributed by atoms with Crippen LogP contribution in [0.2, 0.25) is 0 Å². The lowest BCUT2D eigenvalue weighted by atomic mass is 9.99. The van der Waals surface area contributed by atoms with Crippen molar-refractivity contribution < 1.29 is 18.5 Å². The van der Waals surface area contributed by atoms with Crippen LogP contribution in [-0.2, 0) is 19.5 Å². The van der Waals surface area contributed by atoms with E-state index in [1.165, 1.54) is 12.3 Å². The Morgan fingerprint density at radius 1 is 0.982 bits per heavy atom. The molecular formula is C39H37FN12O3. The molecule has 2 aliphatic heterocycles. The predicted molar refractivity (Wildman–Crippen MR) is 198 cm³/mol. The second-order valence-electron chi connectivity index (χ2n) is 14.2. The lowest BCUT2D eigenvalue weighted by molar-refractivity contribution is 0.0559. The molecule has 1 saturated heterocycles. The van der Waals surface area contributed by atoms with Crippen LogP contribution in [0.15, 0.2) is 65.4 Å². The van der Waals surface area contributed by atoms with Crippen LogP contribution in [0.4, 0.5) is 10.1 Å². The summed E-state index contributed by atoms with van der Waals surface area (Å²) in [6.45, 7) is 7.02. The quantitative estimate of drug-likeness (QED) is 0.198. The zero-order valence-corrected chi connectivity index (χ0v) is 30.5. The number of fused-ring (bicyclic) bond motifs is 2. The summed E-state index contributed by atoms with van der Waals surface area (Å²) in [5.41, 5.74) is 7.91. The molecule has 0 saturated carbocycles. The third-order valence-electron chi connectivity index (χ3n) is 10.3. The maximum atomic E-state index is 14.5. The van der Waals surface area contributed by atoms with E-state index in [1.807, 2.05) is 47.8 Å². The van der Waals surface area contributed by atoms with Crippen molar-refractivity contribution in [3.8, 4) is 22.6 Å². The second kappa shape index (κ2) is 13.7.